The number of benzene rings is 1. The molecule has 1 N–H and O–H groups in total. The van der Waals surface area contributed by atoms with Crippen molar-refractivity contribution >= 4 is 39.2 Å². The third kappa shape index (κ3) is 4.19. The Morgan fingerprint density at radius 3 is 2.56 bits per heavy atom. The molecule has 0 atom stereocenters. The van der Waals surface area contributed by atoms with Crippen molar-refractivity contribution in [2.75, 3.05) is 37.6 Å². The highest BCUT2D eigenvalue weighted by Gasteiger charge is 2.22. The first-order valence-corrected chi connectivity index (χ1v) is 11.2. The maximum absolute atomic E-state index is 12.6. The molecule has 8 nitrogen and oxygen atoms in total. The highest BCUT2D eigenvalue weighted by molar-refractivity contribution is 7.20. The quantitative estimate of drug-likeness (QED) is 0.510. The monoisotopic (exact) mass is 446 g/mol. The van der Waals surface area contributed by atoms with Gasteiger partial charge in [0.2, 0.25) is 5.91 Å². The van der Waals surface area contributed by atoms with Gasteiger partial charge in [-0.3, -0.25) is 9.59 Å². The minimum Gasteiger partial charge on any atom is -0.353 e. The summed E-state index contributed by atoms with van der Waals surface area (Å²) < 4.78 is 2.87. The maximum atomic E-state index is 12.6. The van der Waals surface area contributed by atoms with E-state index in [2.05, 4.69) is 20.2 Å². The average Bonchev–Trinajstić information content (AvgIpc) is 3.52. The van der Waals surface area contributed by atoms with Crippen molar-refractivity contribution in [2.24, 2.45) is 0 Å². The van der Waals surface area contributed by atoms with E-state index in [9.17, 15) is 9.59 Å². The van der Waals surface area contributed by atoms with E-state index < -0.39 is 0 Å². The fraction of sp³-hybridized carbons (Fsp3) is 0.217. The molecule has 0 bridgehead atoms. The number of thiazole rings is 1. The molecule has 5 rings (SSSR count). The number of nitrogens with zero attached hydrogens (tertiary/aromatic N) is 5. The molecule has 4 heterocycles. The fourth-order valence-corrected chi connectivity index (χ4v) is 4.69. The Hall–Kier alpha value is -3.72. The van der Waals surface area contributed by atoms with Gasteiger partial charge in [0, 0.05) is 50.3 Å². The number of hydrogen-bond donors (Lipinski definition) is 1. The Labute approximate surface area is 189 Å². The lowest BCUT2D eigenvalue weighted by molar-refractivity contribution is -0.130. The van der Waals surface area contributed by atoms with E-state index in [4.69, 9.17) is 0 Å². The zero-order chi connectivity index (χ0) is 21.9. The van der Waals surface area contributed by atoms with E-state index in [1.165, 1.54) is 11.3 Å². The van der Waals surface area contributed by atoms with Crippen LogP contribution in [0, 0.1) is 0 Å². The Bertz CT molecular complexity index is 1230. The first-order valence-electron chi connectivity index (χ1n) is 10.4. The van der Waals surface area contributed by atoms with Gasteiger partial charge in [0.25, 0.3) is 5.91 Å². The molecular formula is C23H22N6O2S. The maximum Gasteiger partial charge on any atom is 0.251 e. The Balaban J connectivity index is 1.17. The van der Waals surface area contributed by atoms with Crippen LogP contribution < -0.4 is 10.2 Å². The number of anilines is 1. The van der Waals surface area contributed by atoms with Gasteiger partial charge >= 0.3 is 0 Å². The van der Waals surface area contributed by atoms with Gasteiger partial charge in [-0.1, -0.05) is 17.4 Å². The SMILES string of the molecule is O=C(NCC(=O)N1CCN(c2ccccn2)CC1)c1ccc2nc(-n3cccc3)sc2c1. The summed E-state index contributed by atoms with van der Waals surface area (Å²) in [5.74, 6) is 0.586. The Morgan fingerprint density at radius 2 is 1.81 bits per heavy atom. The zero-order valence-electron chi connectivity index (χ0n) is 17.3. The lowest BCUT2D eigenvalue weighted by Gasteiger charge is -2.35. The molecule has 1 saturated heterocycles. The van der Waals surface area contributed by atoms with Gasteiger partial charge in [0.15, 0.2) is 5.13 Å². The largest absolute Gasteiger partial charge is 0.353 e. The molecule has 0 spiro atoms. The second kappa shape index (κ2) is 8.80. The predicted molar refractivity (Wildman–Crippen MR) is 124 cm³/mol. The molecule has 0 aliphatic carbocycles. The smallest absolute Gasteiger partial charge is 0.251 e. The molecule has 0 unspecified atom stereocenters. The second-order valence-electron chi connectivity index (χ2n) is 7.51. The Morgan fingerprint density at radius 1 is 1.00 bits per heavy atom. The van der Waals surface area contributed by atoms with E-state index in [1.54, 1.807) is 17.2 Å². The average molecular weight is 447 g/mol. The lowest BCUT2D eigenvalue weighted by atomic mass is 10.2. The van der Waals surface area contributed by atoms with Crippen molar-refractivity contribution in [3.05, 3.63) is 72.7 Å². The number of aromatic nitrogens is 3. The van der Waals surface area contributed by atoms with E-state index >= 15 is 0 Å². The molecule has 4 aromatic rings. The number of amides is 2. The van der Waals surface area contributed by atoms with Crippen LogP contribution in [-0.2, 0) is 4.79 Å². The van der Waals surface area contributed by atoms with Crippen LogP contribution >= 0.6 is 11.3 Å². The van der Waals surface area contributed by atoms with Crippen LogP contribution in [-0.4, -0.2) is 64.0 Å². The van der Waals surface area contributed by atoms with Crippen LogP contribution in [0.1, 0.15) is 10.4 Å². The van der Waals surface area contributed by atoms with Gasteiger partial charge in [-0.25, -0.2) is 9.97 Å². The summed E-state index contributed by atoms with van der Waals surface area (Å²) in [7, 11) is 0. The van der Waals surface area contributed by atoms with E-state index in [0.717, 1.165) is 34.3 Å². The first-order chi connectivity index (χ1) is 15.7. The van der Waals surface area contributed by atoms with E-state index in [0.29, 0.717) is 18.7 Å². The molecule has 9 heteroatoms. The predicted octanol–water partition coefficient (Wildman–Crippen LogP) is 2.56. The van der Waals surface area contributed by atoms with Gasteiger partial charge in [-0.05, 0) is 42.5 Å². The number of nitrogens with one attached hydrogen (secondary N) is 1. The summed E-state index contributed by atoms with van der Waals surface area (Å²) in [6.45, 7) is 2.66. The Kier molecular flexibility index (Phi) is 5.55. The third-order valence-corrected chi connectivity index (χ3v) is 6.50. The number of carbonyl (C=O) groups excluding carboxylic acids is 2. The van der Waals surface area contributed by atoms with Crippen molar-refractivity contribution in [2.45, 2.75) is 0 Å². The molecule has 0 saturated carbocycles. The number of piperazine rings is 1. The topological polar surface area (TPSA) is 83.4 Å². The number of pyridine rings is 1. The summed E-state index contributed by atoms with van der Waals surface area (Å²) in [5, 5.41) is 3.61. The van der Waals surface area contributed by atoms with Crippen molar-refractivity contribution in [1.29, 1.82) is 0 Å². The van der Waals surface area contributed by atoms with E-state index in [1.807, 2.05) is 59.4 Å². The molecule has 3 aromatic heterocycles. The van der Waals surface area contributed by atoms with Gasteiger partial charge in [-0.15, -0.1) is 0 Å². The second-order valence-corrected chi connectivity index (χ2v) is 8.52. The van der Waals surface area contributed by atoms with Gasteiger partial charge in [-0.2, -0.15) is 0 Å². The van der Waals surface area contributed by atoms with E-state index in [-0.39, 0.29) is 18.4 Å². The first kappa shape index (κ1) is 20.2. The van der Waals surface area contributed by atoms with Crippen molar-refractivity contribution in [3.63, 3.8) is 0 Å². The molecule has 32 heavy (non-hydrogen) atoms. The standard InChI is InChI=1S/C23H22N6O2S/c30-21(28-13-11-27(12-14-28)20-5-1-2-8-24-20)16-25-22(31)17-6-7-18-19(15-17)32-23(26-18)29-9-3-4-10-29/h1-10,15H,11-14,16H2,(H,25,31). The van der Waals surface area contributed by atoms with Crippen LogP contribution in [0.5, 0.6) is 0 Å². The minimum atomic E-state index is -0.261. The van der Waals surface area contributed by atoms with Crippen molar-refractivity contribution in [3.8, 4) is 5.13 Å². The molecule has 1 aromatic carbocycles. The third-order valence-electron chi connectivity index (χ3n) is 5.47. The molecule has 162 valence electrons. The highest BCUT2D eigenvalue weighted by Crippen LogP contribution is 2.26. The number of fused-ring (bicyclic) bond motifs is 1. The van der Waals surface area contributed by atoms with Crippen LogP contribution in [0.4, 0.5) is 5.82 Å². The minimum absolute atomic E-state index is 0.0161. The fourth-order valence-electron chi connectivity index (χ4n) is 3.72. The molecule has 1 aliphatic rings. The molecular weight excluding hydrogens is 424 g/mol. The molecule has 1 fully saturated rings. The van der Waals surface area contributed by atoms with Gasteiger partial charge < -0.3 is 19.7 Å². The normalized spacial score (nSPS) is 14.0. The lowest BCUT2D eigenvalue weighted by Crippen LogP contribution is -2.51. The summed E-state index contributed by atoms with van der Waals surface area (Å²) in [6.07, 6.45) is 5.65. The van der Waals surface area contributed by atoms with Crippen LogP contribution in [0.3, 0.4) is 0 Å². The van der Waals surface area contributed by atoms with Crippen LogP contribution in [0.25, 0.3) is 15.3 Å². The summed E-state index contributed by atoms with van der Waals surface area (Å²) in [6, 6.07) is 15.1. The van der Waals surface area contributed by atoms with Gasteiger partial charge in [0.05, 0.1) is 16.8 Å². The zero-order valence-corrected chi connectivity index (χ0v) is 18.2. The highest BCUT2D eigenvalue weighted by atomic mass is 32.1. The van der Waals surface area contributed by atoms with Crippen LogP contribution in [0.2, 0.25) is 0 Å². The molecule has 1 aliphatic heterocycles. The molecule has 0 radical (unpaired) electrons. The van der Waals surface area contributed by atoms with Crippen molar-refractivity contribution in [1.82, 2.24) is 24.8 Å². The van der Waals surface area contributed by atoms with Gasteiger partial charge in [0.1, 0.15) is 5.82 Å². The summed E-state index contributed by atoms with van der Waals surface area (Å²) >= 11 is 1.52. The summed E-state index contributed by atoms with van der Waals surface area (Å²) in [4.78, 5) is 38.1. The summed E-state index contributed by atoms with van der Waals surface area (Å²) in [5.41, 5.74) is 1.37. The molecule has 2 amide bonds. The number of hydrogen-bond acceptors (Lipinski definition) is 6. The van der Waals surface area contributed by atoms with Crippen LogP contribution in [0.15, 0.2) is 67.1 Å². The number of rotatable bonds is 5. The number of carbonyl (C=O) groups is 2. The van der Waals surface area contributed by atoms with Crippen molar-refractivity contribution < 1.29 is 9.59 Å².